The second kappa shape index (κ2) is 6.13. The van der Waals surface area contributed by atoms with E-state index in [2.05, 4.69) is 15.5 Å². The van der Waals surface area contributed by atoms with Crippen LogP contribution in [0.4, 0.5) is 0 Å². The maximum Gasteiger partial charge on any atom is 0.349 e. The summed E-state index contributed by atoms with van der Waals surface area (Å²) in [5.41, 5.74) is 2.22. The number of aromatic amines is 1. The van der Waals surface area contributed by atoms with Gasteiger partial charge >= 0.3 is 5.63 Å². The average molecular weight is 346 g/mol. The van der Waals surface area contributed by atoms with E-state index >= 15 is 0 Å². The van der Waals surface area contributed by atoms with Crippen LogP contribution in [0.3, 0.4) is 0 Å². The van der Waals surface area contributed by atoms with Gasteiger partial charge in [-0.2, -0.15) is 5.10 Å². The number of aryl methyl sites for hydroxylation is 2. The average Bonchev–Trinajstić information content (AvgIpc) is 2.85. The van der Waals surface area contributed by atoms with Gasteiger partial charge in [0.1, 0.15) is 11.1 Å². The highest BCUT2D eigenvalue weighted by atomic mass is 35.5. The van der Waals surface area contributed by atoms with Crippen molar-refractivity contribution in [3.8, 4) is 0 Å². The highest BCUT2D eigenvalue weighted by Crippen LogP contribution is 2.21. The summed E-state index contributed by atoms with van der Waals surface area (Å²) in [6.07, 6.45) is 0. The molecule has 1 unspecified atom stereocenters. The zero-order chi connectivity index (χ0) is 17.4. The van der Waals surface area contributed by atoms with Gasteiger partial charge in [-0.25, -0.2) is 4.79 Å². The first-order chi connectivity index (χ1) is 11.4. The molecule has 3 rings (SSSR count). The summed E-state index contributed by atoms with van der Waals surface area (Å²) < 4.78 is 5.20. The second-order valence-corrected chi connectivity index (χ2v) is 6.11. The van der Waals surface area contributed by atoms with E-state index in [1.54, 1.807) is 18.2 Å². The molecule has 2 aromatic heterocycles. The summed E-state index contributed by atoms with van der Waals surface area (Å²) in [6.45, 7) is 5.57. The van der Waals surface area contributed by atoms with Gasteiger partial charge in [-0.3, -0.25) is 9.89 Å². The lowest BCUT2D eigenvalue weighted by molar-refractivity contribution is 0.0936. The molecule has 1 amide bonds. The molecule has 0 radical (unpaired) electrons. The Kier molecular flexibility index (Phi) is 4.15. The molecular weight excluding hydrogens is 330 g/mol. The summed E-state index contributed by atoms with van der Waals surface area (Å²) in [5.74, 6) is -0.502. The first-order valence-electron chi connectivity index (χ1n) is 7.42. The van der Waals surface area contributed by atoms with Crippen LogP contribution in [0.15, 0.2) is 33.5 Å². The Morgan fingerprint density at radius 1 is 1.33 bits per heavy atom. The zero-order valence-corrected chi connectivity index (χ0v) is 14.2. The number of fused-ring (bicyclic) bond motifs is 1. The molecule has 0 bridgehead atoms. The molecule has 6 nitrogen and oxygen atoms in total. The van der Waals surface area contributed by atoms with Gasteiger partial charge in [-0.15, -0.1) is 0 Å². The van der Waals surface area contributed by atoms with E-state index in [0.29, 0.717) is 16.0 Å². The van der Waals surface area contributed by atoms with Gasteiger partial charge in [0.2, 0.25) is 0 Å². The fourth-order valence-corrected chi connectivity index (χ4v) is 2.98. The van der Waals surface area contributed by atoms with Crippen LogP contribution < -0.4 is 10.9 Å². The lowest BCUT2D eigenvalue weighted by atomic mass is 10.1. The molecule has 1 atom stereocenters. The van der Waals surface area contributed by atoms with E-state index in [-0.39, 0.29) is 11.6 Å². The predicted molar refractivity (Wildman–Crippen MR) is 91.4 cm³/mol. The molecule has 0 spiro atoms. The third kappa shape index (κ3) is 2.92. The number of carbonyl (C=O) groups excluding carboxylic acids is 1. The fraction of sp³-hybridized carbons (Fsp3) is 0.235. The van der Waals surface area contributed by atoms with Crippen molar-refractivity contribution in [3.05, 3.63) is 62.2 Å². The molecule has 3 aromatic rings. The Balaban J connectivity index is 1.94. The smallest absolute Gasteiger partial charge is 0.349 e. The lowest BCUT2D eigenvalue weighted by Gasteiger charge is -2.14. The van der Waals surface area contributed by atoms with Crippen LogP contribution in [0.5, 0.6) is 0 Å². The third-order valence-corrected chi connectivity index (χ3v) is 4.14. The summed E-state index contributed by atoms with van der Waals surface area (Å²) in [7, 11) is 0. The van der Waals surface area contributed by atoms with Crippen molar-refractivity contribution in [1.29, 1.82) is 0 Å². The van der Waals surface area contributed by atoms with E-state index in [0.717, 1.165) is 17.0 Å². The number of hydrogen-bond acceptors (Lipinski definition) is 4. The van der Waals surface area contributed by atoms with Crippen LogP contribution in [0, 0.1) is 13.8 Å². The number of hydrogen-bond donors (Lipinski definition) is 2. The lowest BCUT2D eigenvalue weighted by Crippen LogP contribution is -2.31. The van der Waals surface area contributed by atoms with Crippen LogP contribution in [0.1, 0.15) is 40.3 Å². The summed E-state index contributed by atoms with van der Waals surface area (Å²) in [6, 6.07) is 6.06. The van der Waals surface area contributed by atoms with Crippen molar-refractivity contribution in [2.24, 2.45) is 0 Å². The van der Waals surface area contributed by atoms with Crippen LogP contribution in [-0.2, 0) is 0 Å². The molecule has 0 aliphatic heterocycles. The molecule has 0 saturated heterocycles. The Morgan fingerprint density at radius 3 is 2.75 bits per heavy atom. The van der Waals surface area contributed by atoms with Crippen LogP contribution in [0.25, 0.3) is 11.0 Å². The van der Waals surface area contributed by atoms with Crippen LogP contribution >= 0.6 is 11.6 Å². The minimum atomic E-state index is -0.685. The Bertz CT molecular complexity index is 971. The Hall–Kier alpha value is -2.60. The molecule has 2 N–H and O–H groups in total. The number of rotatable bonds is 3. The van der Waals surface area contributed by atoms with Crippen molar-refractivity contribution < 1.29 is 9.21 Å². The quantitative estimate of drug-likeness (QED) is 0.713. The van der Waals surface area contributed by atoms with E-state index in [1.165, 1.54) is 6.07 Å². The number of aromatic nitrogens is 2. The maximum absolute atomic E-state index is 12.5. The SMILES string of the molecule is Cc1n[nH]c(C)c1C(C)NC(=O)c1cc2cc(Cl)ccc2oc1=O. The summed E-state index contributed by atoms with van der Waals surface area (Å²) in [4.78, 5) is 24.6. The maximum atomic E-state index is 12.5. The Labute approximate surface area is 142 Å². The van der Waals surface area contributed by atoms with Gasteiger partial charge in [0.25, 0.3) is 5.91 Å². The standard InChI is InChI=1S/C17H16ClN3O3/c1-8(15-9(2)20-21-10(15)3)19-16(22)13-7-11-6-12(18)4-5-14(11)24-17(13)23/h4-8H,1-3H3,(H,19,22)(H,20,21). The highest BCUT2D eigenvalue weighted by Gasteiger charge is 2.20. The summed E-state index contributed by atoms with van der Waals surface area (Å²) in [5, 5.41) is 10.9. The van der Waals surface area contributed by atoms with Gasteiger partial charge in [-0.1, -0.05) is 11.6 Å². The van der Waals surface area contributed by atoms with E-state index in [9.17, 15) is 9.59 Å². The minimum absolute atomic E-state index is 0.0598. The van der Waals surface area contributed by atoms with E-state index in [4.69, 9.17) is 16.0 Å². The number of amides is 1. The van der Waals surface area contributed by atoms with Gasteiger partial charge in [0.05, 0.1) is 11.7 Å². The number of halogens is 1. The van der Waals surface area contributed by atoms with Crippen molar-refractivity contribution >= 4 is 28.5 Å². The predicted octanol–water partition coefficient (Wildman–Crippen LogP) is 3.28. The molecule has 0 aliphatic carbocycles. The molecule has 24 heavy (non-hydrogen) atoms. The van der Waals surface area contributed by atoms with Gasteiger partial charge in [0.15, 0.2) is 0 Å². The second-order valence-electron chi connectivity index (χ2n) is 5.67. The normalized spacial score (nSPS) is 12.3. The fourth-order valence-electron chi connectivity index (χ4n) is 2.80. The monoisotopic (exact) mass is 345 g/mol. The number of nitrogens with one attached hydrogen (secondary N) is 2. The van der Waals surface area contributed by atoms with Crippen molar-refractivity contribution in [2.75, 3.05) is 0 Å². The van der Waals surface area contributed by atoms with E-state index in [1.807, 2.05) is 20.8 Å². The van der Waals surface area contributed by atoms with Gasteiger partial charge in [-0.05, 0) is 45.0 Å². The van der Waals surface area contributed by atoms with Crippen molar-refractivity contribution in [3.63, 3.8) is 0 Å². The van der Waals surface area contributed by atoms with Crippen molar-refractivity contribution in [1.82, 2.24) is 15.5 Å². The topological polar surface area (TPSA) is 88.0 Å². The first-order valence-corrected chi connectivity index (χ1v) is 7.80. The molecule has 0 aliphatic rings. The molecule has 1 aromatic carbocycles. The molecular formula is C17H16ClN3O3. The molecule has 2 heterocycles. The van der Waals surface area contributed by atoms with Crippen molar-refractivity contribution in [2.45, 2.75) is 26.8 Å². The third-order valence-electron chi connectivity index (χ3n) is 3.90. The zero-order valence-electron chi connectivity index (χ0n) is 13.4. The largest absolute Gasteiger partial charge is 0.422 e. The van der Waals surface area contributed by atoms with E-state index < -0.39 is 11.5 Å². The number of nitrogens with zero attached hydrogens (tertiary/aromatic N) is 1. The molecule has 0 fully saturated rings. The highest BCUT2D eigenvalue weighted by molar-refractivity contribution is 6.31. The van der Waals surface area contributed by atoms with Gasteiger partial charge < -0.3 is 9.73 Å². The van der Waals surface area contributed by atoms with Gasteiger partial charge in [0, 0.05) is 21.7 Å². The van der Waals surface area contributed by atoms with Crippen LogP contribution in [-0.4, -0.2) is 16.1 Å². The first kappa shape index (κ1) is 16.3. The van der Waals surface area contributed by atoms with Crippen LogP contribution in [0.2, 0.25) is 5.02 Å². The number of carbonyl (C=O) groups is 1. The summed E-state index contributed by atoms with van der Waals surface area (Å²) >= 11 is 5.95. The number of H-pyrrole nitrogens is 1. The molecule has 7 heteroatoms. The molecule has 124 valence electrons. The molecule has 0 saturated carbocycles. The Morgan fingerprint density at radius 2 is 2.08 bits per heavy atom. The number of benzene rings is 1. The minimum Gasteiger partial charge on any atom is -0.422 e.